The molecule has 190 valence electrons. The summed E-state index contributed by atoms with van der Waals surface area (Å²) in [6.07, 6.45) is -6.55. The number of hydrogen-bond donors (Lipinski definition) is 3. The minimum Gasteiger partial charge on any atom is -0.371 e. The Morgan fingerprint density at radius 1 is 0.971 bits per heavy atom. The summed E-state index contributed by atoms with van der Waals surface area (Å²) in [4.78, 5) is 32.5. The van der Waals surface area contributed by atoms with Gasteiger partial charge in [0.15, 0.2) is 0 Å². The fourth-order valence-corrected chi connectivity index (χ4v) is 3.36. The number of nitro benzene ring substituents is 1. The molecule has 0 heterocycles. The third-order valence-corrected chi connectivity index (χ3v) is 5.04. The number of nitrogens with one attached hydrogen (secondary N) is 3. The molecule has 2 rings (SSSR count). The van der Waals surface area contributed by atoms with Gasteiger partial charge in [-0.15, -0.1) is 0 Å². The van der Waals surface area contributed by atoms with Crippen molar-refractivity contribution in [2.75, 3.05) is 22.5 Å². The van der Waals surface area contributed by atoms with Crippen molar-refractivity contribution in [1.82, 2.24) is 0 Å². The Balaban J connectivity index is 2.13. The summed E-state index contributed by atoms with van der Waals surface area (Å²) >= 11 is -1.19. The maximum Gasteiger partial charge on any atom is 0.460 e. The molecule has 35 heavy (non-hydrogen) atoms. The second-order valence-electron chi connectivity index (χ2n) is 6.79. The highest BCUT2D eigenvalue weighted by atomic mass is 32.2. The average Bonchev–Trinajstić information content (AvgIpc) is 2.71. The zero-order valence-corrected chi connectivity index (χ0v) is 18.2. The van der Waals surface area contributed by atoms with Gasteiger partial charge in [0, 0.05) is 29.3 Å². The summed E-state index contributed by atoms with van der Waals surface area (Å²) in [7, 11) is 0. The molecule has 0 unspecified atom stereocenters. The minimum atomic E-state index is -6.55. The van der Waals surface area contributed by atoms with E-state index in [0.29, 0.717) is 17.8 Å². The number of halogens is 7. The molecule has 2 aromatic rings. The molecule has 0 spiro atoms. The molecule has 0 fully saturated rings. The van der Waals surface area contributed by atoms with Crippen molar-refractivity contribution in [3.8, 4) is 0 Å². The molecule has 2 amide bonds. The standard InChI is InChI=1S/C19H15F7N4O4S/c1-10(31)28-11-3-2-4-12(7-11)29-16(32)9-27-14-6-5-13(8-15(14)30(33)34)35-19(25,26)17(20,21)18(22,23)24/h2-8,27H,9H2,1H3,(H,28,31)(H,29,32). The van der Waals surface area contributed by atoms with Gasteiger partial charge >= 0.3 is 17.4 Å². The topological polar surface area (TPSA) is 113 Å². The van der Waals surface area contributed by atoms with E-state index in [4.69, 9.17) is 0 Å². The van der Waals surface area contributed by atoms with Crippen LogP contribution in [0, 0.1) is 10.1 Å². The highest BCUT2D eigenvalue weighted by molar-refractivity contribution is 8.00. The number of anilines is 3. The lowest BCUT2D eigenvalue weighted by molar-refractivity contribution is -0.384. The summed E-state index contributed by atoms with van der Waals surface area (Å²) in [6.45, 7) is 0.703. The highest BCUT2D eigenvalue weighted by Crippen LogP contribution is 2.54. The van der Waals surface area contributed by atoms with Crippen molar-refractivity contribution in [2.24, 2.45) is 0 Å². The van der Waals surface area contributed by atoms with Crippen molar-refractivity contribution in [2.45, 2.75) is 29.2 Å². The number of hydrogen-bond acceptors (Lipinski definition) is 6. The van der Waals surface area contributed by atoms with Crippen molar-refractivity contribution in [3.63, 3.8) is 0 Å². The van der Waals surface area contributed by atoms with E-state index in [1.165, 1.54) is 25.1 Å². The van der Waals surface area contributed by atoms with Crippen LogP contribution in [0.1, 0.15) is 6.92 Å². The smallest absolute Gasteiger partial charge is 0.371 e. The van der Waals surface area contributed by atoms with Crippen LogP contribution in [0.5, 0.6) is 0 Å². The lowest BCUT2D eigenvalue weighted by Crippen LogP contribution is -2.49. The van der Waals surface area contributed by atoms with Gasteiger partial charge in [-0.3, -0.25) is 19.7 Å². The van der Waals surface area contributed by atoms with Crippen LogP contribution in [0.15, 0.2) is 47.4 Å². The number of thioether (sulfide) groups is 1. The fraction of sp³-hybridized carbons (Fsp3) is 0.263. The molecular formula is C19H15F7N4O4S. The fourth-order valence-electron chi connectivity index (χ4n) is 2.51. The summed E-state index contributed by atoms with van der Waals surface area (Å²) in [6, 6.07) is 7.80. The number of amides is 2. The molecule has 0 aliphatic heterocycles. The molecule has 0 aromatic heterocycles. The van der Waals surface area contributed by atoms with E-state index >= 15 is 0 Å². The molecule has 0 saturated heterocycles. The van der Waals surface area contributed by atoms with E-state index in [0.717, 1.165) is 6.07 Å². The van der Waals surface area contributed by atoms with Gasteiger partial charge in [-0.2, -0.15) is 30.7 Å². The molecule has 0 bridgehead atoms. The first-order chi connectivity index (χ1) is 16.0. The number of carbonyl (C=O) groups excluding carboxylic acids is 2. The Kier molecular flexibility index (Phi) is 8.20. The molecule has 0 saturated carbocycles. The maximum absolute atomic E-state index is 13.6. The summed E-state index contributed by atoms with van der Waals surface area (Å²) in [5, 5.41) is 12.9. The maximum atomic E-state index is 13.6. The minimum absolute atomic E-state index is 0.261. The second-order valence-corrected chi connectivity index (χ2v) is 7.98. The summed E-state index contributed by atoms with van der Waals surface area (Å²) in [5.74, 6) is -7.47. The molecule has 2 aromatic carbocycles. The van der Waals surface area contributed by atoms with E-state index in [1.54, 1.807) is 6.07 Å². The second kappa shape index (κ2) is 10.4. The van der Waals surface area contributed by atoms with Crippen molar-refractivity contribution in [3.05, 3.63) is 52.6 Å². The van der Waals surface area contributed by atoms with E-state index in [1.807, 2.05) is 0 Å². The summed E-state index contributed by atoms with van der Waals surface area (Å²) < 4.78 is 90.3. The Bertz CT molecular complexity index is 1130. The first kappa shape index (κ1) is 27.7. The van der Waals surface area contributed by atoms with Gasteiger partial charge in [0.05, 0.1) is 11.5 Å². The first-order valence-corrected chi connectivity index (χ1v) is 10.1. The van der Waals surface area contributed by atoms with Crippen molar-refractivity contribution < 1.29 is 45.2 Å². The monoisotopic (exact) mass is 528 g/mol. The molecule has 0 aliphatic carbocycles. The van der Waals surface area contributed by atoms with E-state index < -0.39 is 57.1 Å². The molecule has 0 aliphatic rings. The van der Waals surface area contributed by atoms with E-state index in [9.17, 15) is 50.4 Å². The molecule has 3 N–H and O–H groups in total. The zero-order valence-electron chi connectivity index (χ0n) is 17.4. The third-order valence-electron chi connectivity index (χ3n) is 4.04. The van der Waals surface area contributed by atoms with Crippen LogP contribution in [0.25, 0.3) is 0 Å². The van der Waals surface area contributed by atoms with Gasteiger partial charge in [0.25, 0.3) is 5.69 Å². The quantitative estimate of drug-likeness (QED) is 0.172. The Morgan fingerprint density at radius 2 is 1.57 bits per heavy atom. The van der Waals surface area contributed by atoms with Crippen LogP contribution in [0.2, 0.25) is 0 Å². The SMILES string of the molecule is CC(=O)Nc1cccc(NC(=O)CNc2ccc(SC(F)(F)C(F)(F)C(F)(F)F)cc2[N+](=O)[O-])c1. The molecule has 0 atom stereocenters. The van der Waals surface area contributed by atoms with Gasteiger partial charge in [-0.05, 0) is 42.1 Å². The van der Waals surface area contributed by atoms with Gasteiger partial charge in [-0.25, -0.2) is 0 Å². The largest absolute Gasteiger partial charge is 0.460 e. The van der Waals surface area contributed by atoms with Gasteiger partial charge in [0.2, 0.25) is 11.8 Å². The number of rotatable bonds is 9. The Labute approximate surface area is 196 Å². The van der Waals surface area contributed by atoms with Crippen LogP contribution in [0.3, 0.4) is 0 Å². The predicted molar refractivity (Wildman–Crippen MR) is 113 cm³/mol. The van der Waals surface area contributed by atoms with Gasteiger partial charge in [-0.1, -0.05) is 6.07 Å². The number of nitro groups is 1. The highest BCUT2D eigenvalue weighted by Gasteiger charge is 2.73. The molecule has 8 nitrogen and oxygen atoms in total. The van der Waals surface area contributed by atoms with Crippen LogP contribution >= 0.6 is 11.8 Å². The lowest BCUT2D eigenvalue weighted by Gasteiger charge is -2.27. The molecular weight excluding hydrogens is 513 g/mol. The molecule has 16 heteroatoms. The number of nitrogens with zero attached hydrogens (tertiary/aromatic N) is 1. The third kappa shape index (κ3) is 6.97. The van der Waals surface area contributed by atoms with E-state index in [-0.39, 0.29) is 17.3 Å². The van der Waals surface area contributed by atoms with Crippen molar-refractivity contribution >= 4 is 46.3 Å². The summed E-state index contributed by atoms with van der Waals surface area (Å²) in [5.41, 5.74) is -0.689. The zero-order chi connectivity index (χ0) is 26.6. The average molecular weight is 528 g/mol. The molecule has 0 radical (unpaired) electrons. The van der Waals surface area contributed by atoms with Crippen LogP contribution in [-0.4, -0.2) is 40.6 Å². The van der Waals surface area contributed by atoms with Crippen LogP contribution in [0.4, 0.5) is 53.5 Å². The van der Waals surface area contributed by atoms with Crippen LogP contribution < -0.4 is 16.0 Å². The normalized spacial score (nSPS) is 12.1. The first-order valence-electron chi connectivity index (χ1n) is 9.24. The van der Waals surface area contributed by atoms with Crippen LogP contribution in [-0.2, 0) is 9.59 Å². The van der Waals surface area contributed by atoms with Gasteiger partial charge < -0.3 is 16.0 Å². The Hall–Kier alpha value is -3.56. The van der Waals surface area contributed by atoms with E-state index in [2.05, 4.69) is 16.0 Å². The Morgan fingerprint density at radius 3 is 2.11 bits per heavy atom. The van der Waals surface area contributed by atoms with Gasteiger partial charge in [0.1, 0.15) is 5.69 Å². The predicted octanol–water partition coefficient (Wildman–Crippen LogP) is 5.49. The number of benzene rings is 2. The lowest BCUT2D eigenvalue weighted by atomic mass is 10.2. The number of alkyl halides is 7. The van der Waals surface area contributed by atoms with Crippen molar-refractivity contribution in [1.29, 1.82) is 0 Å². The number of carbonyl (C=O) groups is 2.